The SMILES string of the molecule is Cc1cc(/C=C/C(=O)CCl)c(C)n1CC(C)C. The van der Waals surface area contributed by atoms with Crippen molar-refractivity contribution in [2.45, 2.75) is 34.2 Å². The Balaban J connectivity index is 2.96. The fourth-order valence-electron chi connectivity index (χ4n) is 1.87. The van der Waals surface area contributed by atoms with Crippen molar-refractivity contribution < 1.29 is 4.79 Å². The van der Waals surface area contributed by atoms with E-state index in [2.05, 4.69) is 38.3 Å². The van der Waals surface area contributed by atoms with E-state index in [0.29, 0.717) is 5.92 Å². The molecule has 0 bridgehead atoms. The summed E-state index contributed by atoms with van der Waals surface area (Å²) in [6, 6.07) is 2.11. The molecule has 0 N–H and O–H groups in total. The van der Waals surface area contributed by atoms with Crippen molar-refractivity contribution in [3.8, 4) is 0 Å². The third-order valence-electron chi connectivity index (χ3n) is 2.74. The van der Waals surface area contributed by atoms with Crippen LogP contribution in [0.3, 0.4) is 0 Å². The van der Waals surface area contributed by atoms with Gasteiger partial charge in [0.1, 0.15) is 0 Å². The number of alkyl halides is 1. The Bertz CT molecular complexity index is 430. The Morgan fingerprint density at radius 1 is 1.47 bits per heavy atom. The summed E-state index contributed by atoms with van der Waals surface area (Å²) < 4.78 is 2.29. The van der Waals surface area contributed by atoms with Gasteiger partial charge in [-0.1, -0.05) is 13.8 Å². The molecule has 0 fully saturated rings. The summed E-state index contributed by atoms with van der Waals surface area (Å²) >= 11 is 5.46. The molecule has 0 unspecified atom stereocenters. The molecule has 0 radical (unpaired) electrons. The van der Waals surface area contributed by atoms with E-state index in [1.807, 2.05) is 6.08 Å². The molecule has 0 aliphatic rings. The van der Waals surface area contributed by atoms with E-state index in [-0.39, 0.29) is 11.7 Å². The number of carbonyl (C=O) groups is 1. The first-order valence-corrected chi connectivity index (χ1v) is 6.42. The van der Waals surface area contributed by atoms with Crippen LogP contribution in [-0.4, -0.2) is 16.2 Å². The first-order chi connectivity index (χ1) is 7.95. The first-order valence-electron chi connectivity index (χ1n) is 5.89. The monoisotopic (exact) mass is 253 g/mol. The second kappa shape index (κ2) is 6.06. The maximum Gasteiger partial charge on any atom is 0.170 e. The van der Waals surface area contributed by atoms with Crippen LogP contribution < -0.4 is 0 Å². The summed E-state index contributed by atoms with van der Waals surface area (Å²) in [6.07, 6.45) is 3.40. The van der Waals surface area contributed by atoms with Gasteiger partial charge < -0.3 is 4.57 Å². The Morgan fingerprint density at radius 3 is 2.65 bits per heavy atom. The first kappa shape index (κ1) is 14.0. The molecular formula is C14H20ClNO. The predicted molar refractivity (Wildman–Crippen MR) is 73.5 cm³/mol. The van der Waals surface area contributed by atoms with Gasteiger partial charge in [0.15, 0.2) is 5.78 Å². The highest BCUT2D eigenvalue weighted by molar-refractivity contribution is 6.29. The lowest BCUT2D eigenvalue weighted by molar-refractivity contribution is -0.112. The van der Waals surface area contributed by atoms with E-state index in [9.17, 15) is 4.79 Å². The number of allylic oxidation sites excluding steroid dienone is 1. The van der Waals surface area contributed by atoms with Crippen LogP contribution >= 0.6 is 11.6 Å². The van der Waals surface area contributed by atoms with Crippen molar-refractivity contribution in [1.82, 2.24) is 4.57 Å². The molecule has 1 aromatic rings. The van der Waals surface area contributed by atoms with Crippen LogP contribution in [0.4, 0.5) is 0 Å². The molecule has 1 heterocycles. The number of carbonyl (C=O) groups excluding carboxylic acids is 1. The van der Waals surface area contributed by atoms with Gasteiger partial charge >= 0.3 is 0 Å². The minimum atomic E-state index is -0.0553. The van der Waals surface area contributed by atoms with Crippen LogP contribution in [0.25, 0.3) is 6.08 Å². The van der Waals surface area contributed by atoms with Crippen LogP contribution in [0.2, 0.25) is 0 Å². The molecule has 0 amide bonds. The smallest absolute Gasteiger partial charge is 0.170 e. The predicted octanol–water partition coefficient (Wildman–Crippen LogP) is 3.58. The molecule has 0 aliphatic carbocycles. The second-order valence-corrected chi connectivity index (χ2v) is 5.03. The van der Waals surface area contributed by atoms with Crippen molar-refractivity contribution in [1.29, 1.82) is 0 Å². The topological polar surface area (TPSA) is 22.0 Å². The average molecular weight is 254 g/mol. The van der Waals surface area contributed by atoms with E-state index >= 15 is 0 Å². The minimum absolute atomic E-state index is 0.0429. The van der Waals surface area contributed by atoms with E-state index < -0.39 is 0 Å². The van der Waals surface area contributed by atoms with Crippen LogP contribution in [0.15, 0.2) is 12.1 Å². The maximum atomic E-state index is 11.1. The Morgan fingerprint density at radius 2 is 2.12 bits per heavy atom. The fraction of sp³-hybridized carbons (Fsp3) is 0.500. The summed E-state index contributed by atoms with van der Waals surface area (Å²) in [5.74, 6) is 0.600. The lowest BCUT2D eigenvalue weighted by atomic mass is 10.2. The van der Waals surface area contributed by atoms with Crippen LogP contribution in [0.1, 0.15) is 30.8 Å². The molecule has 0 saturated carbocycles. The molecule has 0 atom stereocenters. The summed E-state index contributed by atoms with van der Waals surface area (Å²) in [6.45, 7) is 9.59. The normalized spacial score (nSPS) is 11.6. The number of nitrogens with zero attached hydrogens (tertiary/aromatic N) is 1. The zero-order valence-electron chi connectivity index (χ0n) is 11.0. The number of hydrogen-bond acceptors (Lipinski definition) is 1. The summed E-state index contributed by atoms with van der Waals surface area (Å²) in [5, 5.41) is 0. The molecule has 1 aromatic heterocycles. The Kier molecular flexibility index (Phi) is 5.01. The highest BCUT2D eigenvalue weighted by Gasteiger charge is 2.08. The lowest BCUT2D eigenvalue weighted by Crippen LogP contribution is -2.07. The van der Waals surface area contributed by atoms with E-state index in [0.717, 1.165) is 12.1 Å². The van der Waals surface area contributed by atoms with E-state index in [4.69, 9.17) is 11.6 Å². The third-order valence-corrected chi connectivity index (χ3v) is 3.00. The molecular weight excluding hydrogens is 234 g/mol. The van der Waals surface area contributed by atoms with Gasteiger partial charge in [-0.3, -0.25) is 4.79 Å². The van der Waals surface area contributed by atoms with Crippen LogP contribution in [-0.2, 0) is 11.3 Å². The molecule has 0 aliphatic heterocycles. The van der Waals surface area contributed by atoms with E-state index in [1.165, 1.54) is 11.4 Å². The van der Waals surface area contributed by atoms with Crippen molar-refractivity contribution >= 4 is 23.5 Å². The second-order valence-electron chi connectivity index (χ2n) is 4.76. The number of ketones is 1. The molecule has 17 heavy (non-hydrogen) atoms. The standard InChI is InChI=1S/C14H20ClNO/c1-10(2)9-16-11(3)7-13(12(16)4)5-6-14(17)8-15/h5-7,10H,8-9H2,1-4H3/b6-5+. The molecule has 0 saturated heterocycles. The zero-order chi connectivity index (χ0) is 13.0. The molecule has 2 nitrogen and oxygen atoms in total. The van der Waals surface area contributed by atoms with Crippen LogP contribution in [0, 0.1) is 19.8 Å². The van der Waals surface area contributed by atoms with Crippen LogP contribution in [0.5, 0.6) is 0 Å². The highest BCUT2D eigenvalue weighted by Crippen LogP contribution is 2.18. The number of rotatable bonds is 5. The molecule has 94 valence electrons. The van der Waals surface area contributed by atoms with Gasteiger partial charge in [0.25, 0.3) is 0 Å². The van der Waals surface area contributed by atoms with Gasteiger partial charge in [0.05, 0.1) is 5.88 Å². The minimum Gasteiger partial charge on any atom is -0.348 e. The Hall–Kier alpha value is -1.02. The number of aromatic nitrogens is 1. The van der Waals surface area contributed by atoms with Gasteiger partial charge in [-0.15, -0.1) is 11.6 Å². The largest absolute Gasteiger partial charge is 0.348 e. The molecule has 3 heteroatoms. The van der Waals surface area contributed by atoms with Gasteiger partial charge in [0.2, 0.25) is 0 Å². The van der Waals surface area contributed by atoms with Gasteiger partial charge in [-0.05, 0) is 43.5 Å². The van der Waals surface area contributed by atoms with Crippen molar-refractivity contribution in [3.63, 3.8) is 0 Å². The number of aryl methyl sites for hydroxylation is 1. The lowest BCUT2D eigenvalue weighted by Gasteiger charge is -2.11. The van der Waals surface area contributed by atoms with Gasteiger partial charge in [0, 0.05) is 17.9 Å². The van der Waals surface area contributed by atoms with E-state index in [1.54, 1.807) is 6.08 Å². The molecule has 0 aromatic carbocycles. The average Bonchev–Trinajstić information content (AvgIpc) is 2.53. The van der Waals surface area contributed by atoms with Crippen molar-refractivity contribution in [3.05, 3.63) is 29.1 Å². The summed E-state index contributed by atoms with van der Waals surface area (Å²) in [5.41, 5.74) is 3.53. The van der Waals surface area contributed by atoms with Crippen molar-refractivity contribution in [2.75, 3.05) is 5.88 Å². The molecule has 1 rings (SSSR count). The quantitative estimate of drug-likeness (QED) is 0.581. The Labute approximate surface area is 108 Å². The highest BCUT2D eigenvalue weighted by atomic mass is 35.5. The van der Waals surface area contributed by atoms with Gasteiger partial charge in [-0.25, -0.2) is 0 Å². The van der Waals surface area contributed by atoms with Gasteiger partial charge in [-0.2, -0.15) is 0 Å². The zero-order valence-corrected chi connectivity index (χ0v) is 11.7. The summed E-state index contributed by atoms with van der Waals surface area (Å²) in [4.78, 5) is 11.1. The maximum absolute atomic E-state index is 11.1. The van der Waals surface area contributed by atoms with Crippen molar-refractivity contribution in [2.24, 2.45) is 5.92 Å². The number of halogens is 1. The molecule has 0 spiro atoms. The fourth-order valence-corrected chi connectivity index (χ4v) is 1.96. The summed E-state index contributed by atoms with van der Waals surface area (Å²) in [7, 11) is 0. The third kappa shape index (κ3) is 3.74. The number of hydrogen-bond donors (Lipinski definition) is 0.